The highest BCUT2D eigenvalue weighted by atomic mass is 16.5. The third kappa shape index (κ3) is 4.62. The van der Waals surface area contributed by atoms with Gasteiger partial charge in [0.1, 0.15) is 17.3 Å². The molecule has 0 saturated carbocycles. The zero-order valence-corrected chi connectivity index (χ0v) is 28.4. The molecule has 244 valence electrons. The fraction of sp³-hybridized carbons (Fsp3) is 0.439. The summed E-state index contributed by atoms with van der Waals surface area (Å²) in [6.07, 6.45) is 10.2. The van der Waals surface area contributed by atoms with E-state index in [1.165, 1.54) is 73.9 Å². The van der Waals surface area contributed by atoms with Crippen LogP contribution < -0.4 is 14.4 Å². The second-order valence-electron chi connectivity index (χ2n) is 13.7. The molecule has 5 heterocycles. The normalized spacial score (nSPS) is 21.4. The molecule has 0 bridgehead atoms. The van der Waals surface area contributed by atoms with E-state index in [1.807, 2.05) is 0 Å². The van der Waals surface area contributed by atoms with Crippen LogP contribution in [-0.4, -0.2) is 57.0 Å². The Balaban J connectivity index is 1.55. The van der Waals surface area contributed by atoms with E-state index in [0.29, 0.717) is 5.92 Å². The lowest BCUT2D eigenvalue weighted by atomic mass is 9.72. The van der Waals surface area contributed by atoms with E-state index in [1.54, 1.807) is 0 Å². The highest BCUT2D eigenvalue weighted by Crippen LogP contribution is 2.50. The summed E-state index contributed by atoms with van der Waals surface area (Å²) in [5.41, 5.74) is 10.4. The fourth-order valence-corrected chi connectivity index (χ4v) is 9.04. The van der Waals surface area contributed by atoms with Crippen LogP contribution in [-0.2, 0) is 21.4 Å². The number of morpholine rings is 2. The molecule has 3 aromatic carbocycles. The number of anilines is 2. The summed E-state index contributed by atoms with van der Waals surface area (Å²) < 4.78 is 17.0. The van der Waals surface area contributed by atoms with Crippen LogP contribution in [0.2, 0.25) is 0 Å². The first-order chi connectivity index (χ1) is 23.1. The molecule has 47 heavy (non-hydrogen) atoms. The summed E-state index contributed by atoms with van der Waals surface area (Å²) in [6.45, 7) is 18.1. The molecule has 5 aromatic rings. The van der Waals surface area contributed by atoms with Gasteiger partial charge in [-0.25, -0.2) is 4.57 Å². The van der Waals surface area contributed by atoms with Crippen LogP contribution in [0.15, 0.2) is 73.4 Å². The van der Waals surface area contributed by atoms with Crippen molar-refractivity contribution in [1.82, 2.24) is 4.40 Å². The molecule has 8 rings (SSSR count). The predicted octanol–water partition coefficient (Wildman–Crippen LogP) is 8.01. The van der Waals surface area contributed by atoms with Crippen molar-refractivity contribution < 1.29 is 14.0 Å². The maximum Gasteiger partial charge on any atom is 0.296 e. The Morgan fingerprint density at radius 2 is 1.53 bits per heavy atom. The number of hydrogen-bond donors (Lipinski definition) is 0. The Morgan fingerprint density at radius 3 is 2.15 bits per heavy atom. The third-order valence-electron chi connectivity index (χ3n) is 11.4. The molecule has 0 amide bonds. The Kier molecular flexibility index (Phi) is 7.97. The number of pyridine rings is 1. The number of aryl methyl sites for hydroxylation is 1. The fourth-order valence-electron chi connectivity index (χ4n) is 9.04. The van der Waals surface area contributed by atoms with Gasteiger partial charge in [-0.15, -0.1) is 0 Å². The second kappa shape index (κ2) is 12.3. The Bertz CT molecular complexity index is 1930. The number of fused-ring (bicyclic) bond motifs is 3. The lowest BCUT2D eigenvalue weighted by Crippen LogP contribution is -2.59. The van der Waals surface area contributed by atoms with Crippen LogP contribution in [0.1, 0.15) is 63.5 Å². The number of aromatic nitrogens is 2. The minimum absolute atomic E-state index is 0.235. The third-order valence-corrected chi connectivity index (χ3v) is 11.4. The first kappa shape index (κ1) is 30.5. The molecule has 6 nitrogen and oxygen atoms in total. The number of ether oxygens (including phenoxy) is 2. The number of hydrogen-bond acceptors (Lipinski definition) is 4. The average Bonchev–Trinajstić information content (AvgIpc) is 3.55. The van der Waals surface area contributed by atoms with E-state index in [0.717, 1.165) is 71.9 Å². The average molecular weight is 630 g/mol. The largest absolute Gasteiger partial charge is 0.378 e. The lowest BCUT2D eigenvalue weighted by Gasteiger charge is -2.38. The molecular weight excluding hydrogens is 580 g/mol. The molecule has 0 spiro atoms. The van der Waals surface area contributed by atoms with Crippen LogP contribution in [0.5, 0.6) is 0 Å². The van der Waals surface area contributed by atoms with Crippen molar-refractivity contribution in [3.8, 4) is 11.3 Å². The van der Waals surface area contributed by atoms with Crippen molar-refractivity contribution in [3.63, 3.8) is 0 Å². The Hall–Kier alpha value is -3.87. The highest BCUT2D eigenvalue weighted by molar-refractivity contribution is 6.13. The van der Waals surface area contributed by atoms with Gasteiger partial charge in [0.15, 0.2) is 5.69 Å². The summed E-state index contributed by atoms with van der Waals surface area (Å²) in [5, 5.41) is 4.03. The molecule has 2 atom stereocenters. The molecule has 0 N–H and O–H groups in total. The number of benzene rings is 3. The van der Waals surface area contributed by atoms with Gasteiger partial charge in [-0.2, -0.15) is 4.40 Å². The quantitative estimate of drug-likeness (QED) is 0.0940. The summed E-state index contributed by atoms with van der Waals surface area (Å²) >= 11 is 0. The van der Waals surface area contributed by atoms with Gasteiger partial charge in [-0.05, 0) is 61.1 Å². The van der Waals surface area contributed by atoms with Crippen LogP contribution in [0.25, 0.3) is 38.6 Å². The number of nitrogens with zero attached hydrogens (tertiary/aromatic N) is 4. The summed E-state index contributed by atoms with van der Waals surface area (Å²) in [4.78, 5) is 5.18. The molecule has 0 radical (unpaired) electrons. The summed E-state index contributed by atoms with van der Waals surface area (Å²) in [6, 6.07) is 21.0. The maximum absolute atomic E-state index is 5.90. The number of para-hydroxylation sites is 1. The lowest BCUT2D eigenvalue weighted by molar-refractivity contribution is -0.734. The van der Waals surface area contributed by atoms with Crippen LogP contribution >= 0.6 is 0 Å². The Morgan fingerprint density at radius 1 is 0.872 bits per heavy atom. The van der Waals surface area contributed by atoms with Crippen molar-refractivity contribution in [2.75, 3.05) is 62.4 Å². The topological polar surface area (TPSA) is 33.2 Å². The van der Waals surface area contributed by atoms with Crippen LogP contribution in [0.4, 0.5) is 11.4 Å². The van der Waals surface area contributed by atoms with Crippen molar-refractivity contribution in [3.05, 3.63) is 84.6 Å². The number of rotatable bonds is 9. The van der Waals surface area contributed by atoms with Crippen molar-refractivity contribution in [2.24, 2.45) is 0 Å². The zero-order valence-electron chi connectivity index (χ0n) is 28.4. The molecule has 3 aliphatic rings. The van der Waals surface area contributed by atoms with E-state index in [-0.39, 0.29) is 5.54 Å². The van der Waals surface area contributed by atoms with Crippen molar-refractivity contribution in [2.45, 2.75) is 64.3 Å². The van der Waals surface area contributed by atoms with Gasteiger partial charge in [0.25, 0.3) is 5.65 Å². The van der Waals surface area contributed by atoms with E-state index in [9.17, 15) is 0 Å². The SMILES string of the molecule is C=CC1(CC)C(CC)c2cccc3c4ccccc4n4c(-c5c(N6CCOCC6)cc(CCCC)cc5N5CCOCC5)c[n+]1c4c23. The summed E-state index contributed by atoms with van der Waals surface area (Å²) in [5.74, 6) is 0.334. The van der Waals surface area contributed by atoms with E-state index < -0.39 is 0 Å². The number of unbranched alkanes of at least 4 members (excludes halogenated alkanes) is 1. The monoisotopic (exact) mass is 629 g/mol. The van der Waals surface area contributed by atoms with Gasteiger partial charge in [-0.1, -0.05) is 70.2 Å². The highest BCUT2D eigenvalue weighted by Gasteiger charge is 2.48. The molecule has 6 heteroatoms. The molecule has 2 aromatic heterocycles. The maximum atomic E-state index is 5.90. The molecule has 2 saturated heterocycles. The molecular formula is C41H49N4O2+. The minimum atomic E-state index is -0.235. The Labute approximate surface area is 279 Å². The van der Waals surface area contributed by atoms with Crippen LogP contribution in [0.3, 0.4) is 0 Å². The van der Waals surface area contributed by atoms with E-state index >= 15 is 0 Å². The first-order valence-electron chi connectivity index (χ1n) is 18.0. The van der Waals surface area contributed by atoms with Gasteiger partial charge in [0.2, 0.25) is 0 Å². The van der Waals surface area contributed by atoms with Gasteiger partial charge < -0.3 is 19.3 Å². The predicted molar refractivity (Wildman–Crippen MR) is 194 cm³/mol. The van der Waals surface area contributed by atoms with Gasteiger partial charge in [0.05, 0.1) is 48.8 Å². The number of allylic oxidation sites excluding steroid dienone is 1. The standard InChI is InChI=1S/C41H49N4O2/c1-5-9-13-29-26-35(42-18-22-46-23-19-42)39(36(27-29)43-20-24-47-25-21-43)37-28-44-40-38-31(30-14-10-11-17-34(30)45(37)40)15-12-16-32(38)33(6-2)41(44,7-3)8-4/h7,10-12,14-17,26-28,33H,3,5-6,8-9,13,18-25H2,1-2,4H3/q+1. The smallest absolute Gasteiger partial charge is 0.296 e. The van der Waals surface area contributed by atoms with E-state index in [4.69, 9.17) is 9.47 Å². The van der Waals surface area contributed by atoms with E-state index in [2.05, 4.69) is 113 Å². The molecule has 3 aliphatic heterocycles. The first-order valence-corrected chi connectivity index (χ1v) is 18.0. The summed E-state index contributed by atoms with van der Waals surface area (Å²) in [7, 11) is 0. The minimum Gasteiger partial charge on any atom is -0.378 e. The second-order valence-corrected chi connectivity index (χ2v) is 13.7. The molecule has 2 fully saturated rings. The van der Waals surface area contributed by atoms with Gasteiger partial charge in [-0.3, -0.25) is 0 Å². The van der Waals surface area contributed by atoms with Crippen LogP contribution in [0, 0.1) is 0 Å². The molecule has 0 aliphatic carbocycles. The number of imidazole rings is 1. The van der Waals surface area contributed by atoms with Crippen molar-refractivity contribution in [1.29, 1.82) is 0 Å². The van der Waals surface area contributed by atoms with Gasteiger partial charge >= 0.3 is 0 Å². The zero-order chi connectivity index (χ0) is 32.1. The van der Waals surface area contributed by atoms with Gasteiger partial charge in [0, 0.05) is 42.9 Å². The van der Waals surface area contributed by atoms with Crippen molar-refractivity contribution >= 4 is 38.7 Å². The molecule has 2 unspecified atom stereocenters.